The predicted molar refractivity (Wildman–Crippen MR) is 89.8 cm³/mol. The standard InChI is InChI=1S/C17H22N4O3/c1-11-9-12(10-19-13(11)18-5)20-14(22)17(7-6-8-17)21-15(23)24-16(2,3)4/h9-10H,6-8H2,1-4H3,(H,20,22)(H,21,23). The molecular formula is C17H22N4O3. The Hall–Kier alpha value is -2.62. The molecule has 1 fully saturated rings. The van der Waals surface area contributed by atoms with Crippen LogP contribution in [0.2, 0.25) is 0 Å². The molecule has 1 aliphatic rings. The molecule has 1 saturated carbocycles. The number of carbonyl (C=O) groups is 2. The van der Waals surface area contributed by atoms with E-state index in [0.717, 1.165) is 6.42 Å². The van der Waals surface area contributed by atoms with Crippen LogP contribution in [0.5, 0.6) is 0 Å². The fourth-order valence-electron chi connectivity index (χ4n) is 2.44. The third kappa shape index (κ3) is 4.02. The smallest absolute Gasteiger partial charge is 0.408 e. The quantitative estimate of drug-likeness (QED) is 0.833. The largest absolute Gasteiger partial charge is 0.444 e. The summed E-state index contributed by atoms with van der Waals surface area (Å²) in [7, 11) is 0. The molecule has 0 radical (unpaired) electrons. The Morgan fingerprint density at radius 1 is 1.38 bits per heavy atom. The summed E-state index contributed by atoms with van der Waals surface area (Å²) < 4.78 is 5.24. The molecule has 0 unspecified atom stereocenters. The Balaban J connectivity index is 2.07. The molecule has 0 spiro atoms. The van der Waals surface area contributed by atoms with Gasteiger partial charge >= 0.3 is 6.09 Å². The van der Waals surface area contributed by atoms with E-state index >= 15 is 0 Å². The maximum absolute atomic E-state index is 12.6. The summed E-state index contributed by atoms with van der Waals surface area (Å²) in [5, 5.41) is 5.47. The van der Waals surface area contributed by atoms with Crippen LogP contribution in [-0.4, -0.2) is 28.1 Å². The van der Waals surface area contributed by atoms with Crippen molar-refractivity contribution in [1.82, 2.24) is 10.3 Å². The van der Waals surface area contributed by atoms with E-state index in [2.05, 4.69) is 20.5 Å². The third-order valence-corrected chi connectivity index (χ3v) is 3.80. The zero-order chi connectivity index (χ0) is 18.0. The molecule has 2 N–H and O–H groups in total. The van der Waals surface area contributed by atoms with Gasteiger partial charge in [0.15, 0.2) is 0 Å². The Bertz CT molecular complexity index is 697. The number of anilines is 1. The molecule has 1 heterocycles. The van der Waals surface area contributed by atoms with Crippen LogP contribution in [0.3, 0.4) is 0 Å². The van der Waals surface area contributed by atoms with Crippen molar-refractivity contribution in [2.24, 2.45) is 0 Å². The molecule has 2 amide bonds. The first kappa shape index (κ1) is 17.7. The highest BCUT2D eigenvalue weighted by atomic mass is 16.6. The van der Waals surface area contributed by atoms with Gasteiger partial charge in [-0.3, -0.25) is 4.79 Å². The average molecular weight is 330 g/mol. The molecule has 0 saturated heterocycles. The second-order valence-electron chi connectivity index (χ2n) is 6.99. The lowest BCUT2D eigenvalue weighted by Gasteiger charge is -2.40. The van der Waals surface area contributed by atoms with Gasteiger partial charge in [0.25, 0.3) is 5.82 Å². The Labute approximate surface area is 141 Å². The van der Waals surface area contributed by atoms with Crippen molar-refractivity contribution >= 4 is 23.5 Å². The molecule has 0 atom stereocenters. The molecule has 0 bridgehead atoms. The van der Waals surface area contributed by atoms with Crippen LogP contribution in [0.1, 0.15) is 45.6 Å². The van der Waals surface area contributed by atoms with Crippen molar-refractivity contribution in [2.45, 2.75) is 58.1 Å². The number of pyridine rings is 1. The van der Waals surface area contributed by atoms with E-state index in [9.17, 15) is 9.59 Å². The van der Waals surface area contributed by atoms with Gasteiger partial charge in [-0.25, -0.2) is 4.79 Å². The van der Waals surface area contributed by atoms with Crippen LogP contribution in [0, 0.1) is 13.5 Å². The number of ether oxygens (including phenoxy) is 1. The van der Waals surface area contributed by atoms with Crippen molar-refractivity contribution in [1.29, 1.82) is 0 Å². The van der Waals surface area contributed by atoms with Crippen LogP contribution in [0.15, 0.2) is 12.3 Å². The molecule has 1 aromatic rings. The Morgan fingerprint density at radius 3 is 2.50 bits per heavy atom. The molecule has 24 heavy (non-hydrogen) atoms. The van der Waals surface area contributed by atoms with Crippen LogP contribution in [0.25, 0.3) is 4.85 Å². The molecule has 2 rings (SSSR count). The summed E-state index contributed by atoms with van der Waals surface area (Å²) in [6.45, 7) is 14.1. The number of carbonyl (C=O) groups excluding carboxylic acids is 2. The summed E-state index contributed by atoms with van der Waals surface area (Å²) in [4.78, 5) is 31.9. The van der Waals surface area contributed by atoms with Gasteiger partial charge in [0.2, 0.25) is 5.91 Å². The van der Waals surface area contributed by atoms with E-state index in [-0.39, 0.29) is 5.91 Å². The number of alkyl carbamates (subject to hydrolysis) is 1. The minimum Gasteiger partial charge on any atom is -0.444 e. The lowest BCUT2D eigenvalue weighted by atomic mass is 9.76. The Morgan fingerprint density at radius 2 is 2.04 bits per heavy atom. The summed E-state index contributed by atoms with van der Waals surface area (Å²) in [5.41, 5.74) is -0.385. The molecule has 0 aliphatic heterocycles. The number of nitrogens with one attached hydrogen (secondary N) is 2. The van der Waals surface area contributed by atoms with E-state index in [0.29, 0.717) is 29.9 Å². The van der Waals surface area contributed by atoms with Gasteiger partial charge in [-0.1, -0.05) is 6.57 Å². The van der Waals surface area contributed by atoms with Gasteiger partial charge in [0.05, 0.1) is 5.69 Å². The molecule has 7 heteroatoms. The topological polar surface area (TPSA) is 84.7 Å². The summed E-state index contributed by atoms with van der Waals surface area (Å²) in [6.07, 6.45) is 2.82. The van der Waals surface area contributed by atoms with Crippen molar-refractivity contribution in [3.63, 3.8) is 0 Å². The number of hydrogen-bond donors (Lipinski definition) is 2. The fraction of sp³-hybridized carbons (Fsp3) is 0.529. The number of hydrogen-bond acceptors (Lipinski definition) is 4. The summed E-state index contributed by atoms with van der Waals surface area (Å²) in [5.74, 6) is 0.00890. The molecule has 0 aromatic carbocycles. The van der Waals surface area contributed by atoms with Gasteiger partial charge in [0, 0.05) is 0 Å². The number of aryl methyl sites for hydroxylation is 1. The fourth-order valence-corrected chi connectivity index (χ4v) is 2.44. The normalized spacial score (nSPS) is 15.6. The predicted octanol–water partition coefficient (Wildman–Crippen LogP) is 3.33. The van der Waals surface area contributed by atoms with Gasteiger partial charge in [-0.15, -0.1) is 4.98 Å². The number of rotatable bonds is 3. The first-order chi connectivity index (χ1) is 11.1. The highest BCUT2D eigenvalue weighted by molar-refractivity contribution is 6.00. The van der Waals surface area contributed by atoms with E-state index in [1.165, 1.54) is 6.20 Å². The highest BCUT2D eigenvalue weighted by Gasteiger charge is 2.46. The van der Waals surface area contributed by atoms with Crippen molar-refractivity contribution < 1.29 is 14.3 Å². The van der Waals surface area contributed by atoms with E-state index in [1.54, 1.807) is 33.8 Å². The van der Waals surface area contributed by atoms with E-state index in [4.69, 9.17) is 11.3 Å². The van der Waals surface area contributed by atoms with Crippen molar-refractivity contribution in [3.8, 4) is 0 Å². The Kier molecular flexibility index (Phi) is 4.78. The minimum absolute atomic E-state index is 0.295. The van der Waals surface area contributed by atoms with Gasteiger partial charge in [-0.2, -0.15) is 0 Å². The van der Waals surface area contributed by atoms with Crippen LogP contribution < -0.4 is 10.6 Å². The second-order valence-corrected chi connectivity index (χ2v) is 6.99. The number of amides is 2. The average Bonchev–Trinajstić information content (AvgIpc) is 2.41. The molecule has 1 aromatic heterocycles. The zero-order valence-electron chi connectivity index (χ0n) is 14.4. The maximum Gasteiger partial charge on any atom is 0.408 e. The highest BCUT2D eigenvalue weighted by Crippen LogP contribution is 2.33. The molecule has 7 nitrogen and oxygen atoms in total. The monoisotopic (exact) mass is 330 g/mol. The summed E-state index contributed by atoms with van der Waals surface area (Å²) in [6, 6.07) is 1.69. The third-order valence-electron chi connectivity index (χ3n) is 3.80. The van der Waals surface area contributed by atoms with Crippen LogP contribution in [-0.2, 0) is 9.53 Å². The van der Waals surface area contributed by atoms with Gasteiger partial charge < -0.3 is 20.2 Å². The zero-order valence-corrected chi connectivity index (χ0v) is 14.4. The van der Waals surface area contributed by atoms with Crippen LogP contribution in [0.4, 0.5) is 16.3 Å². The second kappa shape index (κ2) is 6.48. The van der Waals surface area contributed by atoms with Crippen molar-refractivity contribution in [2.75, 3.05) is 5.32 Å². The first-order valence-corrected chi connectivity index (χ1v) is 7.82. The van der Waals surface area contributed by atoms with E-state index in [1.807, 2.05) is 0 Å². The lowest BCUT2D eigenvalue weighted by Crippen LogP contribution is -2.61. The van der Waals surface area contributed by atoms with Crippen LogP contribution >= 0.6 is 0 Å². The summed E-state index contributed by atoms with van der Waals surface area (Å²) >= 11 is 0. The number of nitrogens with zero attached hydrogens (tertiary/aromatic N) is 2. The van der Waals surface area contributed by atoms with E-state index < -0.39 is 17.2 Å². The molecule has 128 valence electrons. The maximum atomic E-state index is 12.6. The van der Waals surface area contributed by atoms with Crippen molar-refractivity contribution in [3.05, 3.63) is 29.2 Å². The first-order valence-electron chi connectivity index (χ1n) is 7.82. The molecular weight excluding hydrogens is 308 g/mol. The van der Waals surface area contributed by atoms with Gasteiger partial charge in [-0.05, 0) is 58.6 Å². The van der Waals surface area contributed by atoms with Gasteiger partial charge in [0.1, 0.15) is 17.3 Å². The lowest BCUT2D eigenvalue weighted by molar-refractivity contribution is -0.125. The molecule has 1 aliphatic carbocycles. The number of aromatic nitrogens is 1. The minimum atomic E-state index is -0.950. The SMILES string of the molecule is [C-]#[N+]c1ncc(NC(=O)C2(NC(=O)OC(C)(C)C)CCC2)cc1C.